The largest absolute Gasteiger partial charge is 0.472 e. The number of carbonyl (C=O) groups is 8. The molecule has 1 N–H and O–H groups in total. The van der Waals surface area contributed by atoms with E-state index in [1.54, 1.807) is 0 Å². The summed E-state index contributed by atoms with van der Waals surface area (Å²) in [5.74, 6) is -10.8. The maximum atomic E-state index is 14.3. The molecule has 0 unspecified atom stereocenters. The third-order valence-electron chi connectivity index (χ3n) is 11.8. The predicted molar refractivity (Wildman–Crippen MR) is 197 cm³/mol. The summed E-state index contributed by atoms with van der Waals surface area (Å²) >= 11 is 0. The molecule has 1 spiro atoms. The number of aromatic nitrogens is 1. The van der Waals surface area contributed by atoms with Crippen LogP contribution in [0, 0.1) is 17.3 Å². The van der Waals surface area contributed by atoms with E-state index in [2.05, 4.69) is 4.98 Å². The number of nitrogens with zero attached hydrogens (tertiary/aromatic N) is 1. The lowest BCUT2D eigenvalue weighted by Crippen LogP contribution is -2.89. The zero-order chi connectivity index (χ0) is 44.8. The van der Waals surface area contributed by atoms with Gasteiger partial charge in [-0.3, -0.25) is 33.8 Å². The molecule has 1 saturated heterocycles. The average Bonchev–Trinajstić information content (AvgIpc) is 3.79. The summed E-state index contributed by atoms with van der Waals surface area (Å²) in [5, 5.41) is 13.6. The molecule has 3 fully saturated rings. The summed E-state index contributed by atoms with van der Waals surface area (Å²) in [7, 11) is 0. The van der Waals surface area contributed by atoms with E-state index in [9.17, 15) is 43.5 Å². The van der Waals surface area contributed by atoms with E-state index in [1.807, 2.05) is 0 Å². The van der Waals surface area contributed by atoms with Crippen molar-refractivity contribution in [3.05, 3.63) is 53.7 Å². The van der Waals surface area contributed by atoms with Gasteiger partial charge in [-0.25, -0.2) is 9.59 Å². The highest BCUT2D eigenvalue weighted by Gasteiger charge is 2.92. The summed E-state index contributed by atoms with van der Waals surface area (Å²) in [6.07, 6.45) is -8.59. The molecular weight excluding hydrogens is 810 g/mol. The van der Waals surface area contributed by atoms with Crippen molar-refractivity contribution in [2.24, 2.45) is 17.3 Å². The van der Waals surface area contributed by atoms with Crippen molar-refractivity contribution < 1.29 is 90.5 Å². The van der Waals surface area contributed by atoms with Crippen LogP contribution in [0.5, 0.6) is 0 Å². The lowest BCUT2D eigenvalue weighted by atomic mass is 9.45. The number of ether oxygens (including phenoxy) is 9. The predicted octanol–water partition coefficient (Wildman–Crippen LogP) is 1.75. The maximum absolute atomic E-state index is 14.3. The van der Waals surface area contributed by atoms with Gasteiger partial charge in [0.25, 0.3) is 0 Å². The highest BCUT2D eigenvalue weighted by atomic mass is 16.7. The minimum Gasteiger partial charge on any atom is -0.472 e. The van der Waals surface area contributed by atoms with E-state index in [-0.39, 0.29) is 29.7 Å². The Morgan fingerprint density at radius 1 is 0.836 bits per heavy atom. The Kier molecular flexibility index (Phi) is 12.1. The first-order valence-electron chi connectivity index (χ1n) is 19.4. The molecule has 4 bridgehead atoms. The molecule has 0 radical (unpaired) electrons. The molecule has 4 aliphatic rings. The fraction of sp³-hybridized carbons (Fsp3) is 0.585. The number of furan rings is 1. The van der Waals surface area contributed by atoms with Crippen LogP contribution in [-0.4, -0.2) is 124 Å². The molecule has 0 amide bonds. The molecule has 20 heteroatoms. The number of pyridine rings is 1. The number of aliphatic hydroxyl groups is 1. The molecule has 6 rings (SSSR count). The van der Waals surface area contributed by atoms with Gasteiger partial charge in [0.2, 0.25) is 0 Å². The highest BCUT2D eigenvalue weighted by Crippen LogP contribution is 2.70. The molecule has 0 aromatic carbocycles. The van der Waals surface area contributed by atoms with E-state index >= 15 is 0 Å². The number of rotatable bonds is 8. The molecule has 20 nitrogen and oxygen atoms in total. The fourth-order valence-corrected chi connectivity index (χ4v) is 9.54. The maximum Gasteiger partial charge on any atom is 0.341 e. The van der Waals surface area contributed by atoms with Gasteiger partial charge < -0.3 is 52.2 Å². The second-order valence-corrected chi connectivity index (χ2v) is 16.1. The van der Waals surface area contributed by atoms with Crippen molar-refractivity contribution in [2.45, 2.75) is 122 Å². The zero-order valence-corrected chi connectivity index (χ0v) is 34.7. The van der Waals surface area contributed by atoms with Crippen molar-refractivity contribution in [1.29, 1.82) is 0 Å². The quantitative estimate of drug-likeness (QED) is 0.293. The smallest absolute Gasteiger partial charge is 0.341 e. The molecule has 4 heterocycles. The Bertz CT molecular complexity index is 2100. The Morgan fingerprint density at radius 2 is 1.46 bits per heavy atom. The second kappa shape index (κ2) is 16.5. The first kappa shape index (κ1) is 44.7. The molecule has 61 heavy (non-hydrogen) atoms. The topological polar surface area (TPSA) is 266 Å². The molecule has 2 aromatic rings. The van der Waals surface area contributed by atoms with Gasteiger partial charge in [0.05, 0.1) is 34.9 Å². The summed E-state index contributed by atoms with van der Waals surface area (Å²) in [4.78, 5) is 113. The lowest BCUT2D eigenvalue weighted by Gasteiger charge is -2.67. The van der Waals surface area contributed by atoms with Gasteiger partial charge in [-0.05, 0) is 44.9 Å². The lowest BCUT2D eigenvalue weighted by molar-refractivity contribution is -0.386. The first-order valence-corrected chi connectivity index (χ1v) is 19.4. The summed E-state index contributed by atoms with van der Waals surface area (Å²) in [5.41, 5.74) is -10.3. The van der Waals surface area contributed by atoms with E-state index in [0.717, 1.165) is 54.1 Å². The molecule has 2 saturated carbocycles. The van der Waals surface area contributed by atoms with Crippen LogP contribution < -0.4 is 0 Å². The van der Waals surface area contributed by atoms with Crippen LogP contribution in [0.1, 0.15) is 88.2 Å². The van der Waals surface area contributed by atoms with Crippen LogP contribution >= 0.6 is 0 Å². The summed E-state index contributed by atoms with van der Waals surface area (Å²) in [6, 6.07) is 4.17. The number of cyclic esters (lactones) is 1. The highest BCUT2D eigenvalue weighted by molar-refractivity contribution is 5.91. The second-order valence-electron chi connectivity index (χ2n) is 16.1. The van der Waals surface area contributed by atoms with E-state index in [4.69, 9.17) is 47.0 Å². The SMILES string of the molecule is CC(=O)OC[C@]12[C@H](OC(C)=O)[C@H](OC(=O)c3ccoc3)[C@H]3OC(=O)[C@H](C)CCc4ncccc4C(=O)OC[C@@]4(C)O[C@]1([C@@H](OC(C)=O)[C@@H]4[C@H](OC(C)=O)[C@@H]2OC(C)=O)[C@]3(C)O. The van der Waals surface area contributed by atoms with Crippen molar-refractivity contribution in [3.63, 3.8) is 0 Å². The molecular formula is C41H47NO19. The summed E-state index contributed by atoms with van der Waals surface area (Å²) < 4.78 is 60.1. The van der Waals surface area contributed by atoms with Crippen LogP contribution in [0.15, 0.2) is 41.3 Å². The van der Waals surface area contributed by atoms with Gasteiger partial charge in [0.1, 0.15) is 48.3 Å². The van der Waals surface area contributed by atoms with Gasteiger partial charge in [0.15, 0.2) is 30.0 Å². The van der Waals surface area contributed by atoms with Gasteiger partial charge in [-0.15, -0.1) is 0 Å². The minimum absolute atomic E-state index is 0.0163. The summed E-state index contributed by atoms with van der Waals surface area (Å²) in [6.45, 7) is 7.05. The number of esters is 8. The Balaban J connectivity index is 1.77. The van der Waals surface area contributed by atoms with Crippen molar-refractivity contribution in [2.75, 3.05) is 13.2 Å². The first-order chi connectivity index (χ1) is 28.6. The van der Waals surface area contributed by atoms with Crippen molar-refractivity contribution in [1.82, 2.24) is 4.98 Å². The van der Waals surface area contributed by atoms with Crippen LogP contribution in [-0.2, 0) is 77.8 Å². The average molecular weight is 858 g/mol. The molecule has 2 aliphatic carbocycles. The van der Waals surface area contributed by atoms with Gasteiger partial charge >= 0.3 is 47.8 Å². The zero-order valence-electron chi connectivity index (χ0n) is 34.7. The van der Waals surface area contributed by atoms with E-state index in [1.165, 1.54) is 38.2 Å². The van der Waals surface area contributed by atoms with Crippen LogP contribution in [0.4, 0.5) is 0 Å². The third-order valence-corrected chi connectivity index (χ3v) is 11.8. The van der Waals surface area contributed by atoms with Crippen LogP contribution in [0.25, 0.3) is 0 Å². The van der Waals surface area contributed by atoms with E-state index < -0.39 is 132 Å². The Morgan fingerprint density at radius 3 is 2.05 bits per heavy atom. The van der Waals surface area contributed by atoms with Crippen molar-refractivity contribution >= 4 is 47.8 Å². The van der Waals surface area contributed by atoms with Crippen LogP contribution in [0.2, 0.25) is 0 Å². The number of aryl methyl sites for hydroxylation is 1. The molecule has 2 aliphatic heterocycles. The number of hydrogen-bond donors (Lipinski definition) is 1. The molecule has 330 valence electrons. The Labute approximate surface area is 348 Å². The molecule has 12 atom stereocenters. The third kappa shape index (κ3) is 7.59. The van der Waals surface area contributed by atoms with Crippen LogP contribution in [0.3, 0.4) is 0 Å². The van der Waals surface area contributed by atoms with E-state index in [0.29, 0.717) is 0 Å². The number of fused-ring (bicyclic) bond motifs is 5. The number of carbonyl (C=O) groups excluding carboxylic acids is 8. The standard InChI is InChI=1S/C41H47NO19/c1-19-11-12-27-26(10-9-14-42-27)37(50)54-17-38(7)28-29(55-21(3)44)33(57-23(5)46)40(18-53-20(2)43)34(58-24(6)47)30(59-36(49)25-13-15-52-16-25)32(60-35(19)48)39(8,51)41(40,61-38)31(28)56-22(4)45/h9-10,13-16,19,28-34,51H,11-12,17-18H2,1-8H3/t19-,28+,29+,30-,31+,32-,33+,34-,38-,39-,40+,41-/m1/s1. The molecule has 2 aromatic heterocycles. The fourth-order valence-electron chi connectivity index (χ4n) is 9.54. The minimum atomic E-state index is -2.87. The van der Waals surface area contributed by atoms with Gasteiger partial charge in [-0.1, -0.05) is 6.92 Å². The van der Waals surface area contributed by atoms with Gasteiger partial charge in [-0.2, -0.15) is 0 Å². The normalized spacial score (nSPS) is 35.4. The van der Waals surface area contributed by atoms with Crippen molar-refractivity contribution in [3.8, 4) is 0 Å². The monoisotopic (exact) mass is 857 g/mol. The number of hydrogen-bond acceptors (Lipinski definition) is 20. The van der Waals surface area contributed by atoms with Gasteiger partial charge in [0, 0.05) is 40.8 Å². The Hall–Kier alpha value is -5.89.